The van der Waals surface area contributed by atoms with Gasteiger partial charge in [0.2, 0.25) is 0 Å². The summed E-state index contributed by atoms with van der Waals surface area (Å²) < 4.78 is 1.000. The van der Waals surface area contributed by atoms with Crippen LogP contribution in [0.2, 0.25) is 5.02 Å². The molecule has 2 N–H and O–H groups in total. The summed E-state index contributed by atoms with van der Waals surface area (Å²) in [5, 5.41) is 12.8. The maximum Gasteiger partial charge on any atom is 0.354 e. The minimum atomic E-state index is -1.03. The fourth-order valence-electron chi connectivity index (χ4n) is 1.52. The Kier molecular flexibility index (Phi) is 4.60. The molecule has 1 heterocycles. The summed E-state index contributed by atoms with van der Waals surface area (Å²) in [6, 6.07) is 10.5. The van der Waals surface area contributed by atoms with Gasteiger partial charge in [0.25, 0.3) is 0 Å². The smallest absolute Gasteiger partial charge is 0.354 e. The summed E-state index contributed by atoms with van der Waals surface area (Å²) >= 11 is 8.06. The SMILES string of the molecule is O=C(O)c1cccc(CNc2ccc(Cl)cc2I)n1. The van der Waals surface area contributed by atoms with Crippen molar-refractivity contribution in [3.05, 3.63) is 56.4 Å². The third-order valence-electron chi connectivity index (χ3n) is 2.42. The van der Waals surface area contributed by atoms with Gasteiger partial charge in [-0.05, 0) is 52.9 Å². The first-order chi connectivity index (χ1) is 9.06. The van der Waals surface area contributed by atoms with Gasteiger partial charge in [0.05, 0.1) is 12.2 Å². The number of nitrogens with zero attached hydrogens (tertiary/aromatic N) is 1. The fraction of sp³-hybridized carbons (Fsp3) is 0.0769. The van der Waals surface area contributed by atoms with Gasteiger partial charge < -0.3 is 10.4 Å². The topological polar surface area (TPSA) is 62.2 Å². The van der Waals surface area contributed by atoms with E-state index in [1.54, 1.807) is 18.2 Å². The van der Waals surface area contributed by atoms with Crippen LogP contribution in [0.15, 0.2) is 36.4 Å². The molecule has 6 heteroatoms. The monoisotopic (exact) mass is 388 g/mol. The first-order valence-electron chi connectivity index (χ1n) is 5.44. The molecule has 1 aromatic heterocycles. The number of anilines is 1. The molecule has 0 spiro atoms. The van der Waals surface area contributed by atoms with Crippen LogP contribution in [0.4, 0.5) is 5.69 Å². The molecule has 0 unspecified atom stereocenters. The molecule has 4 nitrogen and oxygen atoms in total. The van der Waals surface area contributed by atoms with E-state index in [1.165, 1.54) is 6.07 Å². The average Bonchev–Trinajstić information content (AvgIpc) is 2.38. The van der Waals surface area contributed by atoms with E-state index in [4.69, 9.17) is 16.7 Å². The average molecular weight is 389 g/mol. The van der Waals surface area contributed by atoms with E-state index >= 15 is 0 Å². The van der Waals surface area contributed by atoms with E-state index in [1.807, 2.05) is 12.1 Å². The molecule has 0 aliphatic heterocycles. The third-order valence-corrected chi connectivity index (χ3v) is 3.54. The number of aromatic nitrogens is 1. The minimum Gasteiger partial charge on any atom is -0.477 e. The molecule has 1 aromatic carbocycles. The predicted molar refractivity (Wildman–Crippen MR) is 82.7 cm³/mol. The van der Waals surface area contributed by atoms with Crippen molar-refractivity contribution in [3.63, 3.8) is 0 Å². The van der Waals surface area contributed by atoms with Crippen molar-refractivity contribution >= 4 is 45.8 Å². The quantitative estimate of drug-likeness (QED) is 0.785. The molecule has 0 fully saturated rings. The molecule has 0 amide bonds. The van der Waals surface area contributed by atoms with Gasteiger partial charge in [0.15, 0.2) is 0 Å². The van der Waals surface area contributed by atoms with E-state index in [9.17, 15) is 4.79 Å². The number of nitrogens with one attached hydrogen (secondary N) is 1. The molecule has 0 atom stereocenters. The van der Waals surface area contributed by atoms with Crippen molar-refractivity contribution < 1.29 is 9.90 Å². The van der Waals surface area contributed by atoms with Crippen LogP contribution in [0.25, 0.3) is 0 Å². The van der Waals surface area contributed by atoms with Gasteiger partial charge >= 0.3 is 5.97 Å². The Morgan fingerprint density at radius 2 is 2.16 bits per heavy atom. The lowest BCUT2D eigenvalue weighted by atomic mass is 10.2. The highest BCUT2D eigenvalue weighted by Crippen LogP contribution is 2.22. The van der Waals surface area contributed by atoms with Crippen LogP contribution < -0.4 is 5.32 Å². The molecule has 2 aromatic rings. The van der Waals surface area contributed by atoms with Gasteiger partial charge in [-0.15, -0.1) is 0 Å². The van der Waals surface area contributed by atoms with Crippen molar-refractivity contribution in [3.8, 4) is 0 Å². The number of hydrogen-bond donors (Lipinski definition) is 2. The molecular formula is C13H10ClIN2O2. The van der Waals surface area contributed by atoms with E-state index in [0.29, 0.717) is 17.3 Å². The Morgan fingerprint density at radius 3 is 2.84 bits per heavy atom. The van der Waals surface area contributed by atoms with Crippen LogP contribution in [0.1, 0.15) is 16.2 Å². The number of hydrogen-bond acceptors (Lipinski definition) is 3. The van der Waals surface area contributed by atoms with Gasteiger partial charge in [-0.2, -0.15) is 0 Å². The van der Waals surface area contributed by atoms with Crippen LogP contribution >= 0.6 is 34.2 Å². The maximum absolute atomic E-state index is 10.8. The molecule has 0 aliphatic carbocycles. The second-order valence-electron chi connectivity index (χ2n) is 3.80. The number of carboxylic acid groups (broad SMARTS) is 1. The number of carbonyl (C=O) groups is 1. The molecular weight excluding hydrogens is 379 g/mol. The highest BCUT2D eigenvalue weighted by atomic mass is 127. The van der Waals surface area contributed by atoms with Crippen LogP contribution in [0, 0.1) is 3.57 Å². The number of aromatic carboxylic acids is 1. The zero-order valence-electron chi connectivity index (χ0n) is 9.73. The third kappa shape index (κ3) is 3.81. The number of halogens is 2. The zero-order valence-corrected chi connectivity index (χ0v) is 12.6. The number of benzene rings is 1. The van der Waals surface area contributed by atoms with Crippen LogP contribution in [-0.2, 0) is 6.54 Å². The molecule has 0 radical (unpaired) electrons. The van der Waals surface area contributed by atoms with Gasteiger partial charge in [0.1, 0.15) is 5.69 Å². The largest absolute Gasteiger partial charge is 0.477 e. The molecule has 0 aliphatic rings. The first kappa shape index (κ1) is 14.1. The van der Waals surface area contributed by atoms with Crippen molar-refractivity contribution in [1.82, 2.24) is 4.98 Å². The first-order valence-corrected chi connectivity index (χ1v) is 6.90. The van der Waals surface area contributed by atoms with Gasteiger partial charge in [-0.3, -0.25) is 0 Å². The lowest BCUT2D eigenvalue weighted by Gasteiger charge is -2.08. The highest BCUT2D eigenvalue weighted by Gasteiger charge is 2.05. The lowest BCUT2D eigenvalue weighted by Crippen LogP contribution is -2.07. The molecule has 0 bridgehead atoms. The summed E-state index contributed by atoms with van der Waals surface area (Å²) in [6.45, 7) is 0.457. The molecule has 19 heavy (non-hydrogen) atoms. The van der Waals surface area contributed by atoms with E-state index in [2.05, 4.69) is 32.9 Å². The van der Waals surface area contributed by atoms with Gasteiger partial charge in [0, 0.05) is 14.3 Å². The Hall–Kier alpha value is -1.34. The van der Waals surface area contributed by atoms with Crippen LogP contribution in [0.3, 0.4) is 0 Å². The van der Waals surface area contributed by atoms with Crippen molar-refractivity contribution in [2.45, 2.75) is 6.54 Å². The molecule has 2 rings (SSSR count). The minimum absolute atomic E-state index is 0.0464. The maximum atomic E-state index is 10.8. The van der Waals surface area contributed by atoms with Crippen molar-refractivity contribution in [2.75, 3.05) is 5.32 Å². The fourth-order valence-corrected chi connectivity index (χ4v) is 2.58. The molecule has 98 valence electrons. The summed E-state index contributed by atoms with van der Waals surface area (Å²) in [6.07, 6.45) is 0. The van der Waals surface area contributed by atoms with Gasteiger partial charge in [-0.1, -0.05) is 17.7 Å². The standard InChI is InChI=1S/C13H10ClIN2O2/c14-8-4-5-11(10(15)6-8)16-7-9-2-1-3-12(17-9)13(18)19/h1-6,16H,7H2,(H,18,19). The summed E-state index contributed by atoms with van der Waals surface area (Å²) in [4.78, 5) is 14.9. The zero-order chi connectivity index (χ0) is 13.8. The molecule has 0 saturated carbocycles. The van der Waals surface area contributed by atoms with Crippen LogP contribution in [0.5, 0.6) is 0 Å². The normalized spacial score (nSPS) is 10.2. The van der Waals surface area contributed by atoms with E-state index in [-0.39, 0.29) is 5.69 Å². The number of pyridine rings is 1. The van der Waals surface area contributed by atoms with Crippen molar-refractivity contribution in [1.29, 1.82) is 0 Å². The second-order valence-corrected chi connectivity index (χ2v) is 5.40. The number of rotatable bonds is 4. The van der Waals surface area contributed by atoms with Crippen molar-refractivity contribution in [2.24, 2.45) is 0 Å². The summed E-state index contributed by atoms with van der Waals surface area (Å²) in [7, 11) is 0. The van der Waals surface area contributed by atoms with Crippen LogP contribution in [-0.4, -0.2) is 16.1 Å². The molecule has 0 saturated heterocycles. The lowest BCUT2D eigenvalue weighted by molar-refractivity contribution is 0.0690. The Morgan fingerprint density at radius 1 is 1.37 bits per heavy atom. The second kappa shape index (κ2) is 6.21. The summed E-state index contributed by atoms with van der Waals surface area (Å²) in [5.41, 5.74) is 1.66. The predicted octanol–water partition coefficient (Wildman–Crippen LogP) is 3.65. The highest BCUT2D eigenvalue weighted by molar-refractivity contribution is 14.1. The Bertz CT molecular complexity index is 619. The van der Waals surface area contributed by atoms with E-state index < -0.39 is 5.97 Å². The Balaban J connectivity index is 2.10. The number of carboxylic acids is 1. The Labute approximate surface area is 129 Å². The summed E-state index contributed by atoms with van der Waals surface area (Å²) in [5.74, 6) is -1.03. The van der Waals surface area contributed by atoms with E-state index in [0.717, 1.165) is 9.26 Å². The van der Waals surface area contributed by atoms with Gasteiger partial charge in [-0.25, -0.2) is 9.78 Å².